The van der Waals surface area contributed by atoms with Crippen LogP contribution in [-0.2, 0) is 0 Å². The van der Waals surface area contributed by atoms with Crippen molar-refractivity contribution in [2.45, 2.75) is 38.6 Å². The minimum Gasteiger partial charge on any atom is -0.351 e. The minimum atomic E-state index is -0.397. The Hall–Kier alpha value is -3.03. The second kappa shape index (κ2) is 6.70. The standard InChI is InChI=1S/C18H20N6O2/c1-12-5-7-13(8-6-12)21-18-19-10-9-17(22-18)23-15-3-2-4-16(24(25)26)14(15)11-20-23/h2-4,9-13H,5-8H2,1H3,(H,19,21,22). The highest BCUT2D eigenvalue weighted by Gasteiger charge is 2.20. The molecule has 0 atom stereocenters. The van der Waals surface area contributed by atoms with Gasteiger partial charge in [0.25, 0.3) is 5.69 Å². The van der Waals surface area contributed by atoms with Crippen molar-refractivity contribution in [3.05, 3.63) is 46.8 Å². The number of rotatable bonds is 4. The molecule has 0 bridgehead atoms. The molecule has 8 heteroatoms. The van der Waals surface area contributed by atoms with Crippen LogP contribution in [0.25, 0.3) is 16.7 Å². The number of aromatic nitrogens is 4. The average Bonchev–Trinajstić information content (AvgIpc) is 3.08. The molecule has 4 rings (SSSR count). The van der Waals surface area contributed by atoms with Crippen molar-refractivity contribution in [2.24, 2.45) is 5.92 Å². The largest absolute Gasteiger partial charge is 0.351 e. The highest BCUT2D eigenvalue weighted by molar-refractivity contribution is 5.88. The monoisotopic (exact) mass is 352 g/mol. The molecule has 0 aliphatic heterocycles. The molecule has 0 spiro atoms. The van der Waals surface area contributed by atoms with E-state index in [-0.39, 0.29) is 5.69 Å². The number of hydrogen-bond acceptors (Lipinski definition) is 6. The number of nitro groups is 1. The lowest BCUT2D eigenvalue weighted by Gasteiger charge is -2.26. The van der Waals surface area contributed by atoms with Crippen LogP contribution in [-0.4, -0.2) is 30.7 Å². The first-order valence-corrected chi connectivity index (χ1v) is 8.83. The number of anilines is 1. The van der Waals surface area contributed by atoms with Crippen LogP contribution in [0.5, 0.6) is 0 Å². The summed E-state index contributed by atoms with van der Waals surface area (Å²) in [6.45, 7) is 2.29. The molecule has 8 nitrogen and oxygen atoms in total. The second-order valence-electron chi connectivity index (χ2n) is 6.86. The van der Waals surface area contributed by atoms with Crippen molar-refractivity contribution < 1.29 is 4.92 Å². The van der Waals surface area contributed by atoms with Crippen LogP contribution in [0.4, 0.5) is 11.6 Å². The Kier molecular flexibility index (Phi) is 4.24. The number of benzene rings is 1. The third-order valence-electron chi connectivity index (χ3n) is 4.99. The normalized spacial score (nSPS) is 20.2. The molecular formula is C18H20N6O2. The van der Waals surface area contributed by atoms with Crippen molar-refractivity contribution in [3.8, 4) is 5.82 Å². The van der Waals surface area contributed by atoms with Crippen LogP contribution < -0.4 is 5.32 Å². The molecule has 0 amide bonds. The van der Waals surface area contributed by atoms with E-state index < -0.39 is 4.92 Å². The van der Waals surface area contributed by atoms with E-state index in [0.717, 1.165) is 18.8 Å². The van der Waals surface area contributed by atoms with E-state index in [1.54, 1.807) is 29.1 Å². The Balaban J connectivity index is 1.64. The van der Waals surface area contributed by atoms with Crippen molar-refractivity contribution in [3.63, 3.8) is 0 Å². The molecule has 1 aliphatic rings. The van der Waals surface area contributed by atoms with Gasteiger partial charge in [0, 0.05) is 24.4 Å². The lowest BCUT2D eigenvalue weighted by Crippen LogP contribution is -2.26. The zero-order valence-electron chi connectivity index (χ0n) is 14.5. The van der Waals surface area contributed by atoms with E-state index in [4.69, 9.17) is 0 Å². The van der Waals surface area contributed by atoms with Gasteiger partial charge in [0.1, 0.15) is 0 Å². The zero-order chi connectivity index (χ0) is 18.1. The zero-order valence-corrected chi connectivity index (χ0v) is 14.5. The highest BCUT2D eigenvalue weighted by Crippen LogP contribution is 2.27. The molecule has 2 aromatic heterocycles. The van der Waals surface area contributed by atoms with Crippen molar-refractivity contribution >= 4 is 22.5 Å². The maximum absolute atomic E-state index is 11.2. The lowest BCUT2D eigenvalue weighted by molar-refractivity contribution is -0.383. The summed E-state index contributed by atoms with van der Waals surface area (Å²) in [7, 11) is 0. The summed E-state index contributed by atoms with van der Waals surface area (Å²) in [6, 6.07) is 7.07. The van der Waals surface area contributed by atoms with E-state index in [1.165, 1.54) is 25.1 Å². The smallest absolute Gasteiger partial charge is 0.280 e. The first kappa shape index (κ1) is 16.4. The van der Waals surface area contributed by atoms with Crippen LogP contribution in [0.1, 0.15) is 32.6 Å². The molecule has 1 aromatic carbocycles. The predicted octanol–water partition coefficient (Wildman–Crippen LogP) is 3.71. The van der Waals surface area contributed by atoms with E-state index in [2.05, 4.69) is 27.3 Å². The third kappa shape index (κ3) is 3.10. The fourth-order valence-corrected chi connectivity index (χ4v) is 3.50. The number of fused-ring (bicyclic) bond motifs is 1. The van der Waals surface area contributed by atoms with Crippen LogP contribution in [0, 0.1) is 16.0 Å². The fraction of sp³-hybridized carbons (Fsp3) is 0.389. The molecule has 0 saturated heterocycles. The van der Waals surface area contributed by atoms with Crippen molar-refractivity contribution in [1.29, 1.82) is 0 Å². The van der Waals surface area contributed by atoms with Gasteiger partial charge in [-0.05, 0) is 37.7 Å². The summed E-state index contributed by atoms with van der Waals surface area (Å²) >= 11 is 0. The second-order valence-corrected chi connectivity index (χ2v) is 6.86. The molecule has 1 saturated carbocycles. The highest BCUT2D eigenvalue weighted by atomic mass is 16.6. The molecule has 0 unspecified atom stereocenters. The Bertz CT molecular complexity index is 946. The Morgan fingerprint density at radius 3 is 2.81 bits per heavy atom. The van der Waals surface area contributed by atoms with Gasteiger partial charge in [0.15, 0.2) is 5.82 Å². The summed E-state index contributed by atoms with van der Waals surface area (Å²) in [4.78, 5) is 19.7. The molecule has 26 heavy (non-hydrogen) atoms. The minimum absolute atomic E-state index is 0.0393. The molecule has 134 valence electrons. The summed E-state index contributed by atoms with van der Waals surface area (Å²) < 4.78 is 1.61. The Labute approximate surface area is 150 Å². The molecule has 1 fully saturated rings. The number of nitrogens with zero attached hydrogens (tertiary/aromatic N) is 5. The molecule has 2 heterocycles. The van der Waals surface area contributed by atoms with Crippen LogP contribution in [0.2, 0.25) is 0 Å². The first-order valence-electron chi connectivity index (χ1n) is 8.83. The van der Waals surface area contributed by atoms with E-state index in [9.17, 15) is 10.1 Å². The van der Waals surface area contributed by atoms with Crippen LogP contribution in [0.3, 0.4) is 0 Å². The maximum atomic E-state index is 11.2. The van der Waals surface area contributed by atoms with Gasteiger partial charge in [-0.1, -0.05) is 13.0 Å². The van der Waals surface area contributed by atoms with Gasteiger partial charge in [-0.3, -0.25) is 10.1 Å². The summed E-state index contributed by atoms with van der Waals surface area (Å²) in [5, 5.41) is 19.4. The van der Waals surface area contributed by atoms with E-state index in [0.29, 0.717) is 28.7 Å². The van der Waals surface area contributed by atoms with Crippen molar-refractivity contribution in [2.75, 3.05) is 5.32 Å². The number of hydrogen-bond donors (Lipinski definition) is 1. The molecule has 3 aromatic rings. The maximum Gasteiger partial charge on any atom is 0.280 e. The quantitative estimate of drug-likeness (QED) is 0.567. The number of nitrogens with one attached hydrogen (secondary N) is 1. The molecular weight excluding hydrogens is 332 g/mol. The van der Waals surface area contributed by atoms with Gasteiger partial charge in [-0.25, -0.2) is 9.67 Å². The van der Waals surface area contributed by atoms with Crippen molar-refractivity contribution in [1.82, 2.24) is 19.7 Å². The van der Waals surface area contributed by atoms with Gasteiger partial charge in [-0.2, -0.15) is 10.1 Å². The summed E-state index contributed by atoms with van der Waals surface area (Å²) in [6.07, 6.45) is 7.85. The lowest BCUT2D eigenvalue weighted by atomic mass is 9.87. The Morgan fingerprint density at radius 1 is 1.23 bits per heavy atom. The molecule has 1 N–H and O–H groups in total. The summed E-state index contributed by atoms with van der Waals surface area (Å²) in [5.41, 5.74) is 0.688. The average molecular weight is 352 g/mol. The van der Waals surface area contributed by atoms with Gasteiger partial charge in [0.2, 0.25) is 5.95 Å². The van der Waals surface area contributed by atoms with Gasteiger partial charge < -0.3 is 5.32 Å². The molecule has 1 aliphatic carbocycles. The number of nitro benzene ring substituents is 1. The third-order valence-corrected chi connectivity index (χ3v) is 4.99. The van der Waals surface area contributed by atoms with E-state index >= 15 is 0 Å². The Morgan fingerprint density at radius 2 is 2.04 bits per heavy atom. The van der Waals surface area contributed by atoms with Gasteiger partial charge in [0.05, 0.1) is 22.0 Å². The number of non-ortho nitro benzene ring substituents is 1. The summed E-state index contributed by atoms with van der Waals surface area (Å²) in [5.74, 6) is 1.94. The van der Waals surface area contributed by atoms with E-state index in [1.807, 2.05) is 0 Å². The molecule has 0 radical (unpaired) electrons. The van der Waals surface area contributed by atoms with Gasteiger partial charge >= 0.3 is 0 Å². The predicted molar refractivity (Wildman–Crippen MR) is 98.4 cm³/mol. The van der Waals surface area contributed by atoms with Crippen LogP contribution >= 0.6 is 0 Å². The fourth-order valence-electron chi connectivity index (χ4n) is 3.50. The van der Waals surface area contributed by atoms with Crippen LogP contribution in [0.15, 0.2) is 36.7 Å². The topological polar surface area (TPSA) is 98.8 Å². The SMILES string of the molecule is CC1CCC(Nc2nccc(-n3ncc4c([N+](=O)[O-])cccc43)n2)CC1. The van der Waals surface area contributed by atoms with Gasteiger partial charge in [-0.15, -0.1) is 0 Å². The first-order chi connectivity index (χ1) is 12.6.